The molecule has 1 unspecified atom stereocenters. The van der Waals surface area contributed by atoms with Gasteiger partial charge in [-0.25, -0.2) is 4.79 Å². The van der Waals surface area contributed by atoms with Crippen LogP contribution in [-0.2, 0) is 16.6 Å². The zero-order valence-electron chi connectivity index (χ0n) is 11.0. The Balaban J connectivity index is 2.05. The van der Waals surface area contributed by atoms with Crippen molar-refractivity contribution in [1.82, 2.24) is 15.1 Å². The number of rotatable bonds is 5. The van der Waals surface area contributed by atoms with Gasteiger partial charge >= 0.3 is 5.97 Å². The molecule has 0 radical (unpaired) electrons. The lowest BCUT2D eigenvalue weighted by atomic mass is 10.1. The van der Waals surface area contributed by atoms with Crippen molar-refractivity contribution in [2.24, 2.45) is 7.05 Å². The molecule has 0 aromatic carbocycles. The molecule has 1 amide bonds. The highest BCUT2D eigenvalue weighted by molar-refractivity contribution is 9.10. The van der Waals surface area contributed by atoms with Crippen LogP contribution in [0.5, 0.6) is 0 Å². The normalized spacial score (nSPS) is 12.5. The van der Waals surface area contributed by atoms with Crippen LogP contribution < -0.4 is 5.32 Å². The van der Waals surface area contributed by atoms with E-state index < -0.39 is 17.9 Å². The number of nitrogens with one attached hydrogen (secondary N) is 1. The Hall–Kier alpha value is -2.35. The van der Waals surface area contributed by atoms with Crippen LogP contribution in [0.2, 0.25) is 0 Å². The first-order valence-electron chi connectivity index (χ1n) is 5.91. The van der Waals surface area contributed by atoms with Gasteiger partial charge in [0.1, 0.15) is 5.76 Å². The Morgan fingerprint density at radius 3 is 2.81 bits per heavy atom. The van der Waals surface area contributed by atoms with Gasteiger partial charge in [0.05, 0.1) is 6.20 Å². The first-order chi connectivity index (χ1) is 9.95. The predicted octanol–water partition coefficient (Wildman–Crippen LogP) is 1.73. The molecule has 2 aromatic rings. The van der Waals surface area contributed by atoms with Gasteiger partial charge in [-0.15, -0.1) is 0 Å². The first-order valence-corrected chi connectivity index (χ1v) is 6.70. The van der Waals surface area contributed by atoms with Crippen LogP contribution in [0.3, 0.4) is 0 Å². The minimum atomic E-state index is -1.16. The second-order valence-corrected chi connectivity index (χ2v) is 4.98. The number of halogens is 1. The van der Waals surface area contributed by atoms with Gasteiger partial charge in [-0.2, -0.15) is 5.10 Å². The van der Waals surface area contributed by atoms with Gasteiger partial charge in [-0.1, -0.05) is 0 Å². The molecule has 110 valence electrons. The van der Waals surface area contributed by atoms with E-state index in [0.29, 0.717) is 16.0 Å². The molecule has 0 fully saturated rings. The Morgan fingerprint density at radius 2 is 2.29 bits per heavy atom. The van der Waals surface area contributed by atoms with Gasteiger partial charge in [0.2, 0.25) is 5.91 Å². The van der Waals surface area contributed by atoms with Gasteiger partial charge in [0, 0.05) is 24.9 Å². The lowest BCUT2D eigenvalue weighted by molar-refractivity contribution is -0.141. The maximum atomic E-state index is 11.8. The molecule has 1 atom stereocenters. The molecular formula is C13H12BrN3O4. The fraction of sp³-hybridized carbons (Fsp3) is 0.154. The highest BCUT2D eigenvalue weighted by Gasteiger charge is 2.22. The summed E-state index contributed by atoms with van der Waals surface area (Å²) in [6.45, 7) is 0. The second kappa shape index (κ2) is 6.40. The van der Waals surface area contributed by atoms with E-state index in [1.807, 2.05) is 0 Å². The van der Waals surface area contributed by atoms with E-state index in [-0.39, 0.29) is 0 Å². The molecule has 0 aliphatic rings. The molecule has 0 spiro atoms. The summed E-state index contributed by atoms with van der Waals surface area (Å²) in [5.41, 5.74) is 0.396. The van der Waals surface area contributed by atoms with Crippen LogP contribution in [0, 0.1) is 0 Å². The number of hydrogen-bond donors (Lipinski definition) is 2. The number of aryl methyl sites for hydroxylation is 1. The summed E-state index contributed by atoms with van der Waals surface area (Å²) < 4.78 is 7.20. The number of furan rings is 1. The Morgan fingerprint density at radius 1 is 1.52 bits per heavy atom. The monoisotopic (exact) mass is 353 g/mol. The predicted molar refractivity (Wildman–Crippen MR) is 77.2 cm³/mol. The molecule has 0 saturated carbocycles. The zero-order valence-corrected chi connectivity index (χ0v) is 12.6. The smallest absolute Gasteiger partial charge is 0.331 e. The summed E-state index contributed by atoms with van der Waals surface area (Å²) in [4.78, 5) is 23.0. The summed E-state index contributed by atoms with van der Waals surface area (Å²) in [7, 11) is 1.67. The molecular weight excluding hydrogens is 342 g/mol. The maximum Gasteiger partial charge on any atom is 0.331 e. The number of aromatic nitrogens is 2. The van der Waals surface area contributed by atoms with Gasteiger partial charge < -0.3 is 14.8 Å². The van der Waals surface area contributed by atoms with Crippen molar-refractivity contribution in [1.29, 1.82) is 0 Å². The summed E-state index contributed by atoms with van der Waals surface area (Å²) in [6.07, 6.45) is 5.58. The third-order valence-electron chi connectivity index (χ3n) is 2.58. The summed E-state index contributed by atoms with van der Waals surface area (Å²) in [5.74, 6) is -1.23. The van der Waals surface area contributed by atoms with Crippen molar-refractivity contribution < 1.29 is 19.1 Å². The van der Waals surface area contributed by atoms with Crippen LogP contribution in [-0.4, -0.2) is 26.8 Å². The molecule has 0 saturated heterocycles. The van der Waals surface area contributed by atoms with Crippen LogP contribution >= 0.6 is 15.9 Å². The van der Waals surface area contributed by atoms with Crippen LogP contribution in [0.1, 0.15) is 17.4 Å². The molecule has 2 rings (SSSR count). The zero-order chi connectivity index (χ0) is 15.4. The summed E-state index contributed by atoms with van der Waals surface area (Å²) >= 11 is 3.14. The molecule has 0 bridgehead atoms. The third kappa shape index (κ3) is 4.06. The average molecular weight is 354 g/mol. The highest BCUT2D eigenvalue weighted by Crippen LogP contribution is 2.15. The minimum absolute atomic E-state index is 0.396. The Bertz CT molecular complexity index is 689. The second-order valence-electron chi connectivity index (χ2n) is 4.20. The fourth-order valence-electron chi connectivity index (χ4n) is 1.64. The van der Waals surface area contributed by atoms with Crippen molar-refractivity contribution in [2.75, 3.05) is 0 Å². The fourth-order valence-corrected chi connectivity index (χ4v) is 1.96. The van der Waals surface area contributed by atoms with Crippen molar-refractivity contribution in [3.8, 4) is 0 Å². The molecule has 7 nitrogen and oxygen atoms in total. The lowest BCUT2D eigenvalue weighted by Gasteiger charge is -2.10. The first kappa shape index (κ1) is 15.0. The van der Waals surface area contributed by atoms with Gasteiger partial charge in [0.25, 0.3) is 0 Å². The number of hydrogen-bond acceptors (Lipinski definition) is 4. The van der Waals surface area contributed by atoms with Crippen molar-refractivity contribution in [2.45, 2.75) is 6.04 Å². The number of carboxylic acids is 1. The summed E-state index contributed by atoms with van der Waals surface area (Å²) in [5, 5.41) is 15.5. The lowest BCUT2D eigenvalue weighted by Crippen LogP contribution is -2.32. The highest BCUT2D eigenvalue weighted by atomic mass is 79.9. The van der Waals surface area contributed by atoms with E-state index in [0.717, 1.165) is 0 Å². The SMILES string of the molecule is Cn1cc(C(NC(=O)/C=C/c2ccc(Br)o2)C(=O)O)cn1. The number of amides is 1. The van der Waals surface area contributed by atoms with Crippen LogP contribution in [0.25, 0.3) is 6.08 Å². The van der Waals surface area contributed by atoms with E-state index in [9.17, 15) is 14.7 Å². The molecule has 2 heterocycles. The molecule has 21 heavy (non-hydrogen) atoms. The number of aliphatic carboxylic acids is 1. The molecule has 2 N–H and O–H groups in total. The summed E-state index contributed by atoms with van der Waals surface area (Å²) in [6, 6.07) is 2.20. The molecule has 0 aliphatic carbocycles. The van der Waals surface area contributed by atoms with Gasteiger partial charge in [-0.3, -0.25) is 9.48 Å². The minimum Gasteiger partial charge on any atom is -0.479 e. The van der Waals surface area contributed by atoms with E-state index in [4.69, 9.17) is 4.42 Å². The van der Waals surface area contributed by atoms with Gasteiger partial charge in [-0.05, 0) is 34.1 Å². The van der Waals surface area contributed by atoms with Crippen molar-refractivity contribution in [3.05, 3.63) is 46.6 Å². The maximum absolute atomic E-state index is 11.8. The average Bonchev–Trinajstić information content (AvgIpc) is 3.02. The Labute approximate surface area is 128 Å². The van der Waals surface area contributed by atoms with Crippen molar-refractivity contribution >= 4 is 33.9 Å². The molecule has 8 heteroatoms. The quantitative estimate of drug-likeness (QED) is 0.797. The molecule has 2 aromatic heterocycles. The number of carbonyl (C=O) groups is 2. The standard InChI is InChI=1S/C13H12BrN3O4/c1-17-7-8(6-15-17)12(13(19)20)16-11(18)5-3-9-2-4-10(14)21-9/h2-7,12H,1H3,(H,16,18)(H,19,20)/b5-3+. The van der Waals surface area contributed by atoms with E-state index in [1.165, 1.54) is 29.2 Å². The largest absolute Gasteiger partial charge is 0.479 e. The molecule has 0 aliphatic heterocycles. The van der Waals surface area contributed by atoms with Crippen LogP contribution in [0.4, 0.5) is 0 Å². The third-order valence-corrected chi connectivity index (χ3v) is 3.01. The number of carboxylic acid groups (broad SMARTS) is 1. The van der Waals surface area contributed by atoms with E-state index in [1.54, 1.807) is 19.2 Å². The van der Waals surface area contributed by atoms with E-state index >= 15 is 0 Å². The van der Waals surface area contributed by atoms with Crippen molar-refractivity contribution in [3.63, 3.8) is 0 Å². The van der Waals surface area contributed by atoms with Gasteiger partial charge in [0.15, 0.2) is 10.7 Å². The topological polar surface area (TPSA) is 97.4 Å². The van der Waals surface area contributed by atoms with E-state index in [2.05, 4.69) is 26.3 Å². The Kier molecular flexibility index (Phi) is 4.59. The number of nitrogens with zero attached hydrogens (tertiary/aromatic N) is 2. The van der Waals surface area contributed by atoms with Crippen LogP contribution in [0.15, 0.2) is 39.7 Å². The number of carbonyl (C=O) groups excluding carboxylic acids is 1.